The van der Waals surface area contributed by atoms with Gasteiger partial charge < -0.3 is 9.80 Å². The van der Waals surface area contributed by atoms with Crippen molar-refractivity contribution < 1.29 is 14.7 Å². The molecule has 6 rings (SSSR count). The van der Waals surface area contributed by atoms with Crippen molar-refractivity contribution in [1.29, 1.82) is 0 Å². The highest BCUT2D eigenvalue weighted by molar-refractivity contribution is 7.80. The first-order valence-electron chi connectivity index (χ1n) is 11.8. The van der Waals surface area contributed by atoms with Crippen LogP contribution in [0.3, 0.4) is 0 Å². The fourth-order valence-electron chi connectivity index (χ4n) is 5.60. The number of nitro groups is 2. The molecule has 0 radical (unpaired) electrons. The molecule has 1 saturated heterocycles. The number of nitro benzene ring substituents is 2. The zero-order valence-corrected chi connectivity index (χ0v) is 20.3. The van der Waals surface area contributed by atoms with Crippen LogP contribution in [0.5, 0.6) is 0 Å². The van der Waals surface area contributed by atoms with Crippen molar-refractivity contribution in [3.05, 3.63) is 105 Å². The molecule has 0 N–H and O–H groups in total. The first-order chi connectivity index (χ1) is 17.9. The molecule has 0 amide bonds. The van der Waals surface area contributed by atoms with Crippen LogP contribution in [0.15, 0.2) is 84.0 Å². The third-order valence-corrected chi connectivity index (χ3v) is 7.57. The van der Waals surface area contributed by atoms with E-state index in [2.05, 4.69) is 0 Å². The van der Waals surface area contributed by atoms with Gasteiger partial charge in [0.2, 0.25) is 5.69 Å². The maximum atomic E-state index is 11.3. The Kier molecular flexibility index (Phi) is 5.16. The Bertz CT molecular complexity index is 1450. The molecular formula is C25H21N7O4S. The molecule has 11 nitrogen and oxygen atoms in total. The number of hydrogen-bond acceptors (Lipinski definition) is 6. The molecule has 1 saturated carbocycles. The summed E-state index contributed by atoms with van der Waals surface area (Å²) in [7, 11) is 0. The molecule has 2 fully saturated rings. The molecule has 0 aromatic heterocycles. The van der Waals surface area contributed by atoms with Gasteiger partial charge in [-0.1, -0.05) is 31.0 Å². The lowest BCUT2D eigenvalue weighted by atomic mass is 9.79. The second-order valence-electron chi connectivity index (χ2n) is 9.17. The number of azo groups is 1. The standard InChI is InChI=1S/C25H21N7O4S/c33-31(34)21-12-8-19(9-13-21)29-23(37)28(18-6-2-1-3-7-18)24-16-4-5-17-25(24,29)27-30(26-24)20-10-14-22(15-11-20)32(35)36/h1-3,6-15H,4-5,16-17H2. The van der Waals surface area contributed by atoms with Gasteiger partial charge in [-0.2, -0.15) is 10.5 Å². The van der Waals surface area contributed by atoms with Crippen molar-refractivity contribution in [2.75, 3.05) is 9.80 Å². The Morgan fingerprint density at radius 2 is 1.38 bits per heavy atom. The number of nitrogens with zero attached hydrogens (tertiary/aromatic N) is 7. The molecule has 12 heteroatoms. The highest BCUT2D eigenvalue weighted by atomic mass is 32.1. The first-order valence-corrected chi connectivity index (χ1v) is 12.2. The van der Waals surface area contributed by atoms with Gasteiger partial charge in [0, 0.05) is 47.8 Å². The van der Waals surface area contributed by atoms with E-state index in [0.717, 1.165) is 18.5 Å². The predicted octanol–water partition coefficient (Wildman–Crippen LogP) is 6.18. The molecule has 37 heavy (non-hydrogen) atoms. The highest BCUT2D eigenvalue weighted by Crippen LogP contribution is 2.60. The highest BCUT2D eigenvalue weighted by Gasteiger charge is 2.69. The average Bonchev–Trinajstić information content (AvgIpc) is 3.36. The van der Waals surface area contributed by atoms with Crippen molar-refractivity contribution in [2.45, 2.75) is 37.0 Å². The summed E-state index contributed by atoms with van der Waals surface area (Å²) in [4.78, 5) is 27.1. The summed E-state index contributed by atoms with van der Waals surface area (Å²) in [5, 5.41) is 28.1. The predicted molar refractivity (Wildman–Crippen MR) is 140 cm³/mol. The molecular weight excluding hydrogens is 494 g/mol. The molecule has 0 bridgehead atoms. The minimum atomic E-state index is -0.907. The fourth-order valence-corrected chi connectivity index (χ4v) is 6.11. The van der Waals surface area contributed by atoms with Gasteiger partial charge in [-0.15, -0.1) is 4.81 Å². The Labute approximate surface area is 216 Å². The summed E-state index contributed by atoms with van der Waals surface area (Å²) in [6.07, 6.45) is 3.14. The average molecular weight is 516 g/mol. The van der Waals surface area contributed by atoms with Crippen LogP contribution in [0.2, 0.25) is 0 Å². The fraction of sp³-hybridized carbons (Fsp3) is 0.240. The lowest BCUT2D eigenvalue weighted by molar-refractivity contribution is -0.456. The van der Waals surface area contributed by atoms with Gasteiger partial charge in [0.1, 0.15) is 11.3 Å². The Morgan fingerprint density at radius 1 is 0.811 bits per heavy atom. The van der Waals surface area contributed by atoms with Gasteiger partial charge in [0.05, 0.1) is 9.85 Å². The molecule has 1 aliphatic carbocycles. The monoisotopic (exact) mass is 515 g/mol. The zero-order valence-electron chi connectivity index (χ0n) is 19.5. The van der Waals surface area contributed by atoms with E-state index in [1.807, 2.05) is 40.1 Å². The van der Waals surface area contributed by atoms with E-state index in [4.69, 9.17) is 22.8 Å². The van der Waals surface area contributed by atoms with E-state index in [1.54, 1.807) is 29.1 Å². The van der Waals surface area contributed by atoms with Crippen LogP contribution in [0, 0.1) is 20.2 Å². The normalized spacial score (nSPS) is 24.2. The van der Waals surface area contributed by atoms with E-state index in [9.17, 15) is 20.2 Å². The Morgan fingerprint density at radius 3 is 2.00 bits per heavy atom. The molecule has 0 spiro atoms. The number of non-ortho nitro benzene ring substituents is 2. The third-order valence-electron chi connectivity index (χ3n) is 7.21. The molecule has 186 valence electrons. The number of para-hydroxylation sites is 1. The van der Waals surface area contributed by atoms with Gasteiger partial charge in [0.15, 0.2) is 5.11 Å². The minimum Gasteiger partial charge on any atom is -0.305 e. The van der Waals surface area contributed by atoms with E-state index < -0.39 is 21.2 Å². The van der Waals surface area contributed by atoms with E-state index in [1.165, 1.54) is 24.3 Å². The molecule has 2 unspecified atom stereocenters. The van der Waals surface area contributed by atoms with Crippen LogP contribution in [-0.4, -0.2) is 31.1 Å². The van der Waals surface area contributed by atoms with E-state index in [-0.39, 0.29) is 11.4 Å². The zero-order chi connectivity index (χ0) is 25.8. The SMILES string of the molecule is O=[N+]([O-])c1ccc(N2C(=S)N(c3ccccc3)C34CCCCC23[N-][N+](c2ccc([N+](=O)[O-])cc2)=N4)cc1. The van der Waals surface area contributed by atoms with Crippen LogP contribution in [0.4, 0.5) is 28.4 Å². The van der Waals surface area contributed by atoms with Crippen molar-refractivity contribution in [1.82, 2.24) is 0 Å². The minimum absolute atomic E-state index is 0.0123. The van der Waals surface area contributed by atoms with Crippen molar-refractivity contribution in [3.63, 3.8) is 0 Å². The van der Waals surface area contributed by atoms with Crippen LogP contribution >= 0.6 is 12.2 Å². The van der Waals surface area contributed by atoms with Crippen LogP contribution < -0.4 is 9.80 Å². The molecule has 2 aliphatic heterocycles. The molecule has 3 aliphatic rings. The van der Waals surface area contributed by atoms with Gasteiger partial charge in [-0.3, -0.25) is 20.2 Å². The van der Waals surface area contributed by atoms with Crippen LogP contribution in [-0.2, 0) is 0 Å². The number of hydrogen-bond donors (Lipinski definition) is 0. The summed E-state index contributed by atoms with van der Waals surface area (Å²) in [5.41, 5.74) is 5.49. The quantitative estimate of drug-likeness (QED) is 0.172. The number of benzene rings is 3. The topological polar surface area (TPSA) is 122 Å². The van der Waals surface area contributed by atoms with Crippen molar-refractivity contribution >= 4 is 45.8 Å². The summed E-state index contributed by atoms with van der Waals surface area (Å²) < 4.78 is 0. The number of rotatable bonds is 5. The Hall–Kier alpha value is -4.45. The molecule has 2 heterocycles. The third kappa shape index (κ3) is 3.29. The van der Waals surface area contributed by atoms with E-state index in [0.29, 0.717) is 29.3 Å². The molecule has 2 atom stereocenters. The summed E-state index contributed by atoms with van der Waals surface area (Å²) in [6, 6.07) is 22.2. The summed E-state index contributed by atoms with van der Waals surface area (Å²) in [5.74, 6) is 0. The van der Waals surface area contributed by atoms with E-state index >= 15 is 0 Å². The number of anilines is 2. The maximum Gasteiger partial charge on any atom is 0.269 e. The maximum absolute atomic E-state index is 11.3. The summed E-state index contributed by atoms with van der Waals surface area (Å²) in [6.45, 7) is 0. The van der Waals surface area contributed by atoms with Gasteiger partial charge in [-0.05, 0) is 49.3 Å². The number of thiocarbonyl (C=S) groups is 1. The largest absolute Gasteiger partial charge is 0.305 e. The van der Waals surface area contributed by atoms with Gasteiger partial charge in [-0.25, -0.2) is 0 Å². The van der Waals surface area contributed by atoms with Crippen molar-refractivity contribution in [2.24, 2.45) is 5.11 Å². The lowest BCUT2D eigenvalue weighted by Gasteiger charge is -2.48. The van der Waals surface area contributed by atoms with Crippen LogP contribution in [0.25, 0.3) is 5.43 Å². The van der Waals surface area contributed by atoms with Crippen molar-refractivity contribution in [3.8, 4) is 0 Å². The molecule has 3 aromatic rings. The van der Waals surface area contributed by atoms with Gasteiger partial charge >= 0.3 is 0 Å². The van der Waals surface area contributed by atoms with Gasteiger partial charge in [0.25, 0.3) is 11.4 Å². The lowest BCUT2D eigenvalue weighted by Crippen LogP contribution is -2.59. The van der Waals surface area contributed by atoms with Crippen LogP contribution in [0.1, 0.15) is 25.7 Å². The second kappa shape index (κ2) is 8.30. The second-order valence-corrected chi connectivity index (χ2v) is 9.53. The molecule has 3 aromatic carbocycles. The Balaban J connectivity index is 1.53. The smallest absolute Gasteiger partial charge is 0.269 e. The first kappa shape index (κ1) is 23.0. The summed E-state index contributed by atoms with van der Waals surface area (Å²) >= 11 is 6.07.